The maximum absolute atomic E-state index is 6.64. The first-order valence-electron chi connectivity index (χ1n) is 7.41. The van der Waals surface area contributed by atoms with E-state index in [1.807, 2.05) is 12.3 Å². The van der Waals surface area contributed by atoms with Gasteiger partial charge in [-0.3, -0.25) is 4.98 Å². The van der Waals surface area contributed by atoms with Crippen molar-refractivity contribution in [1.82, 2.24) is 9.88 Å². The lowest BCUT2D eigenvalue weighted by Gasteiger charge is -2.48. The first-order chi connectivity index (χ1) is 9.49. The fourth-order valence-corrected chi connectivity index (χ4v) is 3.33. The highest BCUT2D eigenvalue weighted by Crippen LogP contribution is 2.42. The van der Waals surface area contributed by atoms with Crippen LogP contribution in [0.2, 0.25) is 0 Å². The van der Waals surface area contributed by atoms with Gasteiger partial charge in [-0.25, -0.2) is 0 Å². The number of rotatable bonds is 4. The molecule has 1 aromatic heterocycles. The van der Waals surface area contributed by atoms with Gasteiger partial charge >= 0.3 is 0 Å². The molecule has 20 heavy (non-hydrogen) atoms. The van der Waals surface area contributed by atoms with E-state index in [1.165, 1.54) is 12.8 Å². The Balaban J connectivity index is 2.29. The molecule has 2 rings (SSSR count). The van der Waals surface area contributed by atoms with Crippen molar-refractivity contribution in [3.05, 3.63) is 24.0 Å². The molecule has 1 aromatic rings. The minimum Gasteiger partial charge on any atom is -0.495 e. The summed E-state index contributed by atoms with van der Waals surface area (Å²) in [4.78, 5) is 6.56. The molecule has 0 bridgehead atoms. The molecule has 1 unspecified atom stereocenters. The van der Waals surface area contributed by atoms with Gasteiger partial charge in [-0.2, -0.15) is 0 Å². The molecule has 1 saturated carbocycles. The fourth-order valence-electron chi connectivity index (χ4n) is 3.33. The maximum atomic E-state index is 6.64. The summed E-state index contributed by atoms with van der Waals surface area (Å²) >= 11 is 0. The Morgan fingerprint density at radius 1 is 1.35 bits per heavy atom. The van der Waals surface area contributed by atoms with Gasteiger partial charge in [0.05, 0.1) is 13.3 Å². The summed E-state index contributed by atoms with van der Waals surface area (Å²) in [7, 11) is 5.95. The van der Waals surface area contributed by atoms with Crippen molar-refractivity contribution >= 4 is 0 Å². The van der Waals surface area contributed by atoms with E-state index in [2.05, 4.69) is 30.9 Å². The zero-order chi connectivity index (χ0) is 14.8. The van der Waals surface area contributed by atoms with E-state index in [4.69, 9.17) is 10.5 Å². The highest BCUT2D eigenvalue weighted by atomic mass is 16.5. The zero-order valence-electron chi connectivity index (χ0n) is 13.1. The van der Waals surface area contributed by atoms with E-state index < -0.39 is 0 Å². The van der Waals surface area contributed by atoms with Gasteiger partial charge in [0.25, 0.3) is 0 Å². The monoisotopic (exact) mass is 277 g/mol. The molecule has 1 aliphatic rings. The van der Waals surface area contributed by atoms with Gasteiger partial charge in [0.2, 0.25) is 0 Å². The number of aromatic nitrogens is 1. The molecule has 1 aliphatic carbocycles. The molecule has 0 radical (unpaired) electrons. The lowest BCUT2D eigenvalue weighted by Crippen LogP contribution is -2.54. The standard InChI is InChI=1S/C16H27N3O/c1-12-5-7-16(8-6-12,19(2)3)15(17)13-9-14(20-4)11-18-10-13/h9-12,15H,5-8,17H2,1-4H3. The van der Waals surface area contributed by atoms with Crippen molar-refractivity contribution in [3.63, 3.8) is 0 Å². The highest BCUT2D eigenvalue weighted by Gasteiger charge is 2.42. The lowest BCUT2D eigenvalue weighted by atomic mass is 9.71. The quantitative estimate of drug-likeness (QED) is 0.919. The Morgan fingerprint density at radius 3 is 2.55 bits per heavy atom. The number of nitrogens with zero attached hydrogens (tertiary/aromatic N) is 2. The van der Waals surface area contributed by atoms with Crippen LogP contribution in [-0.4, -0.2) is 36.6 Å². The van der Waals surface area contributed by atoms with Crippen LogP contribution in [0, 0.1) is 5.92 Å². The van der Waals surface area contributed by atoms with Gasteiger partial charge in [-0.1, -0.05) is 6.92 Å². The maximum Gasteiger partial charge on any atom is 0.137 e. The molecular formula is C16H27N3O. The molecule has 1 atom stereocenters. The van der Waals surface area contributed by atoms with E-state index in [1.54, 1.807) is 13.3 Å². The van der Waals surface area contributed by atoms with E-state index >= 15 is 0 Å². The minimum absolute atomic E-state index is 0.0283. The SMILES string of the molecule is COc1cncc(C(N)C2(N(C)C)CCC(C)CC2)c1. The van der Waals surface area contributed by atoms with Crippen molar-refractivity contribution in [2.75, 3.05) is 21.2 Å². The summed E-state index contributed by atoms with van der Waals surface area (Å²) in [6, 6.07) is 1.98. The molecule has 0 aliphatic heterocycles. The Labute approximate surface area is 122 Å². The van der Waals surface area contributed by atoms with Crippen LogP contribution < -0.4 is 10.5 Å². The molecule has 4 nitrogen and oxygen atoms in total. The van der Waals surface area contributed by atoms with Crippen molar-refractivity contribution in [3.8, 4) is 5.75 Å². The summed E-state index contributed by atoms with van der Waals surface area (Å²) < 4.78 is 5.27. The number of pyridine rings is 1. The van der Waals surface area contributed by atoms with Gasteiger partial charge in [0.1, 0.15) is 5.75 Å². The number of hydrogen-bond donors (Lipinski definition) is 1. The molecule has 0 aromatic carbocycles. The predicted octanol–water partition coefficient (Wildman–Crippen LogP) is 2.60. The Kier molecular flexibility index (Phi) is 4.66. The summed E-state index contributed by atoms with van der Waals surface area (Å²) in [6.07, 6.45) is 8.35. The number of methoxy groups -OCH3 is 1. The average Bonchev–Trinajstić information content (AvgIpc) is 2.47. The van der Waals surface area contributed by atoms with Crippen molar-refractivity contribution < 1.29 is 4.74 Å². The Bertz CT molecular complexity index is 439. The van der Waals surface area contributed by atoms with E-state index in [0.717, 1.165) is 30.1 Å². The van der Waals surface area contributed by atoms with Crippen molar-refractivity contribution in [2.45, 2.75) is 44.2 Å². The van der Waals surface area contributed by atoms with Crippen LogP contribution >= 0.6 is 0 Å². The molecule has 0 amide bonds. The smallest absolute Gasteiger partial charge is 0.137 e. The van der Waals surface area contributed by atoms with Crippen LogP contribution in [0.15, 0.2) is 18.5 Å². The van der Waals surface area contributed by atoms with Crippen LogP contribution in [0.25, 0.3) is 0 Å². The molecule has 0 spiro atoms. The Hall–Kier alpha value is -1.13. The van der Waals surface area contributed by atoms with Crippen LogP contribution in [-0.2, 0) is 0 Å². The summed E-state index contributed by atoms with van der Waals surface area (Å²) in [5, 5.41) is 0. The highest BCUT2D eigenvalue weighted by molar-refractivity contribution is 5.28. The fraction of sp³-hybridized carbons (Fsp3) is 0.688. The number of ether oxygens (including phenoxy) is 1. The van der Waals surface area contributed by atoms with Crippen LogP contribution in [0.3, 0.4) is 0 Å². The van der Waals surface area contributed by atoms with Gasteiger partial charge < -0.3 is 15.4 Å². The van der Waals surface area contributed by atoms with Crippen LogP contribution in [0.4, 0.5) is 0 Å². The Morgan fingerprint density at radius 2 is 2.00 bits per heavy atom. The molecule has 4 heteroatoms. The minimum atomic E-state index is -0.0346. The largest absolute Gasteiger partial charge is 0.495 e. The second kappa shape index (κ2) is 6.10. The average molecular weight is 277 g/mol. The first-order valence-corrected chi connectivity index (χ1v) is 7.41. The van der Waals surface area contributed by atoms with E-state index in [0.29, 0.717) is 0 Å². The van der Waals surface area contributed by atoms with Gasteiger partial charge in [-0.05, 0) is 57.3 Å². The molecule has 2 N–H and O–H groups in total. The number of hydrogen-bond acceptors (Lipinski definition) is 4. The van der Waals surface area contributed by atoms with Crippen LogP contribution in [0.1, 0.15) is 44.2 Å². The first kappa shape index (κ1) is 15.3. The number of likely N-dealkylation sites (N-methyl/N-ethyl adjacent to an activating group) is 1. The van der Waals surface area contributed by atoms with E-state index in [9.17, 15) is 0 Å². The zero-order valence-corrected chi connectivity index (χ0v) is 13.1. The summed E-state index contributed by atoms with van der Waals surface area (Å²) in [5.74, 6) is 1.58. The van der Waals surface area contributed by atoms with Crippen molar-refractivity contribution in [2.24, 2.45) is 11.7 Å². The number of nitrogens with two attached hydrogens (primary N) is 1. The third kappa shape index (κ3) is 2.81. The van der Waals surface area contributed by atoms with E-state index in [-0.39, 0.29) is 11.6 Å². The van der Waals surface area contributed by atoms with Crippen molar-refractivity contribution in [1.29, 1.82) is 0 Å². The van der Waals surface area contributed by atoms with Gasteiger partial charge in [0, 0.05) is 17.8 Å². The van der Waals surface area contributed by atoms with Gasteiger partial charge in [-0.15, -0.1) is 0 Å². The van der Waals surface area contributed by atoms with Gasteiger partial charge in [0.15, 0.2) is 0 Å². The summed E-state index contributed by atoms with van der Waals surface area (Å²) in [5.41, 5.74) is 7.73. The molecule has 1 fully saturated rings. The normalized spacial score (nSPS) is 28.4. The molecule has 112 valence electrons. The molecule has 0 saturated heterocycles. The second-order valence-corrected chi connectivity index (χ2v) is 6.32. The molecular weight excluding hydrogens is 250 g/mol. The third-order valence-corrected chi connectivity index (χ3v) is 4.94. The predicted molar refractivity (Wildman–Crippen MR) is 81.8 cm³/mol. The molecule has 1 heterocycles. The van der Waals surface area contributed by atoms with Crippen LogP contribution in [0.5, 0.6) is 5.75 Å². The summed E-state index contributed by atoms with van der Waals surface area (Å²) in [6.45, 7) is 2.33. The third-order valence-electron chi connectivity index (χ3n) is 4.94. The lowest BCUT2D eigenvalue weighted by molar-refractivity contribution is 0.0563. The topological polar surface area (TPSA) is 51.4 Å². The second-order valence-electron chi connectivity index (χ2n) is 6.32.